The maximum absolute atomic E-state index is 13.4. The SMILES string of the molecule is CC(=O)O[C@@H]1[C@@H](O)[C@@H](CO)O[C@H](Oc2cc3c(c(O)c2C)C(=O)c2ccc(O)cc2C3=O)[C@@H]1O[C@H]1O[C@@H](C)[C@H](O)[C@@H](O)[C@H]1O. The molecule has 2 heterocycles. The summed E-state index contributed by atoms with van der Waals surface area (Å²) in [7, 11) is 0. The lowest BCUT2D eigenvalue weighted by Gasteiger charge is -2.46. The van der Waals surface area contributed by atoms with Crippen LogP contribution in [0.15, 0.2) is 24.3 Å². The number of hydrogen-bond donors (Lipinski definition) is 7. The van der Waals surface area contributed by atoms with Gasteiger partial charge in [0, 0.05) is 29.2 Å². The highest BCUT2D eigenvalue weighted by molar-refractivity contribution is 6.29. The summed E-state index contributed by atoms with van der Waals surface area (Å²) in [6.07, 6.45) is -15.7. The molecular formula is C29H32O15. The fourth-order valence-electron chi connectivity index (χ4n) is 5.49. The molecule has 0 amide bonds. The van der Waals surface area contributed by atoms with E-state index in [1.54, 1.807) is 0 Å². The van der Waals surface area contributed by atoms with Crippen molar-refractivity contribution >= 4 is 17.5 Å². The van der Waals surface area contributed by atoms with Crippen molar-refractivity contribution in [3.05, 3.63) is 52.1 Å². The van der Waals surface area contributed by atoms with Gasteiger partial charge in [-0.1, -0.05) is 0 Å². The largest absolute Gasteiger partial charge is 0.508 e. The highest BCUT2D eigenvalue weighted by Crippen LogP contribution is 2.41. The van der Waals surface area contributed by atoms with Crippen molar-refractivity contribution in [2.45, 2.75) is 82.2 Å². The molecule has 0 unspecified atom stereocenters. The fraction of sp³-hybridized carbons (Fsp3) is 0.483. The van der Waals surface area contributed by atoms with Crippen molar-refractivity contribution in [2.24, 2.45) is 0 Å². The number of phenols is 2. The number of aliphatic hydroxyl groups is 5. The van der Waals surface area contributed by atoms with Crippen molar-refractivity contribution < 1.29 is 73.8 Å². The van der Waals surface area contributed by atoms with Crippen LogP contribution in [-0.4, -0.2) is 121 Å². The Morgan fingerprint density at radius 2 is 1.57 bits per heavy atom. The molecule has 15 nitrogen and oxygen atoms in total. The van der Waals surface area contributed by atoms with Crippen LogP contribution in [0.5, 0.6) is 17.2 Å². The topological polar surface area (TPSA) is 239 Å². The van der Waals surface area contributed by atoms with E-state index in [9.17, 15) is 50.1 Å². The van der Waals surface area contributed by atoms with Gasteiger partial charge < -0.3 is 59.4 Å². The number of carbonyl (C=O) groups is 3. The van der Waals surface area contributed by atoms with E-state index >= 15 is 0 Å². The van der Waals surface area contributed by atoms with Crippen LogP contribution in [0.1, 0.15) is 51.3 Å². The molecule has 0 radical (unpaired) electrons. The van der Waals surface area contributed by atoms with E-state index in [-0.39, 0.29) is 39.3 Å². The van der Waals surface area contributed by atoms with Crippen molar-refractivity contribution in [2.75, 3.05) is 6.61 Å². The van der Waals surface area contributed by atoms with Gasteiger partial charge in [-0.25, -0.2) is 0 Å². The van der Waals surface area contributed by atoms with Crippen molar-refractivity contribution in [1.29, 1.82) is 0 Å². The van der Waals surface area contributed by atoms with Crippen LogP contribution >= 0.6 is 0 Å². The summed E-state index contributed by atoms with van der Waals surface area (Å²) in [6.45, 7) is 3.04. The van der Waals surface area contributed by atoms with Crippen LogP contribution in [-0.2, 0) is 23.7 Å². The number of ether oxygens (including phenoxy) is 5. The van der Waals surface area contributed by atoms with Crippen LogP contribution in [0.25, 0.3) is 0 Å². The van der Waals surface area contributed by atoms with Crippen LogP contribution in [0.2, 0.25) is 0 Å². The monoisotopic (exact) mass is 620 g/mol. The van der Waals surface area contributed by atoms with Gasteiger partial charge in [0.2, 0.25) is 6.29 Å². The maximum atomic E-state index is 13.4. The fourth-order valence-corrected chi connectivity index (χ4v) is 5.49. The zero-order chi connectivity index (χ0) is 32.2. The summed E-state index contributed by atoms with van der Waals surface area (Å²) in [6, 6.07) is 4.77. The molecule has 2 saturated heterocycles. The molecule has 238 valence electrons. The quantitative estimate of drug-likeness (QED) is 0.160. The van der Waals surface area contributed by atoms with E-state index in [2.05, 4.69) is 0 Å². The first-order valence-electron chi connectivity index (χ1n) is 13.7. The molecule has 0 saturated carbocycles. The zero-order valence-corrected chi connectivity index (χ0v) is 23.7. The summed E-state index contributed by atoms with van der Waals surface area (Å²) in [5.74, 6) is -3.31. The lowest BCUT2D eigenvalue weighted by atomic mass is 9.82. The van der Waals surface area contributed by atoms with Crippen LogP contribution in [0, 0.1) is 6.92 Å². The van der Waals surface area contributed by atoms with Crippen LogP contribution in [0.3, 0.4) is 0 Å². The first kappa shape index (κ1) is 31.7. The standard InChI is InChI=1S/C29H32O15/c1-9-16(7-15-18(19(9)33)22(36)13-5-4-12(32)6-14(13)21(15)35)42-29-27(26(41-11(3)31)23(37)17(8-30)43-29)44-28-25(39)24(38)20(34)10(2)40-28/h4-7,10,17,20,23-30,32-34,37-39H,8H2,1-3H3/t10-,17+,20-,23-,24+,25+,26+,27+,28+,29-/m0/s1. The van der Waals surface area contributed by atoms with Gasteiger partial charge in [0.15, 0.2) is 30.1 Å². The van der Waals surface area contributed by atoms with E-state index < -0.39 is 91.3 Å². The Morgan fingerprint density at radius 3 is 2.23 bits per heavy atom. The second kappa shape index (κ2) is 12.0. The highest BCUT2D eigenvalue weighted by atomic mass is 16.8. The third-order valence-corrected chi connectivity index (χ3v) is 7.91. The smallest absolute Gasteiger partial charge is 0.303 e. The minimum absolute atomic E-state index is 0.0219. The number of carbonyl (C=O) groups excluding carboxylic acids is 3. The molecular weight excluding hydrogens is 588 g/mol. The average molecular weight is 621 g/mol. The highest BCUT2D eigenvalue weighted by Gasteiger charge is 2.53. The predicted molar refractivity (Wildman–Crippen MR) is 143 cm³/mol. The van der Waals surface area contributed by atoms with Crippen molar-refractivity contribution in [3.63, 3.8) is 0 Å². The minimum atomic E-state index is -1.82. The number of benzene rings is 2. The van der Waals surface area contributed by atoms with Crippen molar-refractivity contribution in [1.82, 2.24) is 0 Å². The Bertz CT molecular complexity index is 1470. The van der Waals surface area contributed by atoms with E-state index in [4.69, 9.17) is 23.7 Å². The van der Waals surface area contributed by atoms with Gasteiger partial charge in [0.05, 0.1) is 18.3 Å². The third-order valence-electron chi connectivity index (χ3n) is 7.91. The molecule has 0 aromatic heterocycles. The molecule has 0 bridgehead atoms. The molecule has 2 aromatic carbocycles. The van der Waals surface area contributed by atoms with Gasteiger partial charge in [0.1, 0.15) is 47.8 Å². The number of hydrogen-bond acceptors (Lipinski definition) is 15. The normalized spacial score (nSPS) is 33.4. The molecule has 0 spiro atoms. The predicted octanol–water partition coefficient (Wildman–Crippen LogP) is -1.22. The summed E-state index contributed by atoms with van der Waals surface area (Å²) in [5, 5.41) is 72.6. The van der Waals surface area contributed by atoms with Gasteiger partial charge in [-0.2, -0.15) is 0 Å². The minimum Gasteiger partial charge on any atom is -0.508 e. The maximum Gasteiger partial charge on any atom is 0.303 e. The number of fused-ring (bicyclic) bond motifs is 2. The lowest BCUT2D eigenvalue weighted by Crippen LogP contribution is -2.65. The van der Waals surface area contributed by atoms with Gasteiger partial charge >= 0.3 is 5.97 Å². The number of rotatable bonds is 6. The number of aromatic hydroxyl groups is 2. The van der Waals surface area contributed by atoms with Crippen molar-refractivity contribution in [3.8, 4) is 17.2 Å². The molecule has 2 fully saturated rings. The Hall–Kier alpha value is -3.67. The van der Waals surface area contributed by atoms with E-state index in [0.29, 0.717) is 0 Å². The summed E-state index contributed by atoms with van der Waals surface area (Å²) < 4.78 is 28.4. The van der Waals surface area contributed by atoms with Crippen LogP contribution < -0.4 is 4.74 Å². The average Bonchev–Trinajstić information content (AvgIpc) is 2.98. The van der Waals surface area contributed by atoms with Gasteiger partial charge in [0.25, 0.3) is 0 Å². The Labute approximate surface area is 249 Å². The number of aliphatic hydroxyl groups excluding tert-OH is 5. The molecule has 44 heavy (non-hydrogen) atoms. The Morgan fingerprint density at radius 1 is 0.864 bits per heavy atom. The summed E-state index contributed by atoms with van der Waals surface area (Å²) in [4.78, 5) is 38.6. The zero-order valence-electron chi connectivity index (χ0n) is 23.7. The molecule has 15 heteroatoms. The summed E-state index contributed by atoms with van der Waals surface area (Å²) >= 11 is 0. The van der Waals surface area contributed by atoms with Crippen LogP contribution in [0.4, 0.5) is 0 Å². The first-order chi connectivity index (χ1) is 20.7. The molecule has 2 aromatic rings. The second-order valence-corrected chi connectivity index (χ2v) is 10.8. The molecule has 2 aliphatic heterocycles. The van der Waals surface area contributed by atoms with E-state index in [0.717, 1.165) is 19.1 Å². The number of phenolic OH excluding ortho intramolecular Hbond substituents is 2. The molecule has 5 rings (SSSR count). The van der Waals surface area contributed by atoms with Gasteiger partial charge in [-0.05, 0) is 38.1 Å². The molecule has 10 atom stereocenters. The Kier molecular flexibility index (Phi) is 8.67. The number of esters is 1. The third kappa shape index (κ3) is 5.41. The second-order valence-electron chi connectivity index (χ2n) is 10.8. The molecule has 1 aliphatic carbocycles. The van der Waals surface area contributed by atoms with E-state index in [1.165, 1.54) is 26.0 Å². The molecule has 7 N–H and O–H groups in total. The van der Waals surface area contributed by atoms with E-state index in [1.807, 2.05) is 0 Å². The van der Waals surface area contributed by atoms with Gasteiger partial charge in [-0.15, -0.1) is 0 Å². The summed E-state index contributed by atoms with van der Waals surface area (Å²) in [5.41, 5.74) is -0.706. The molecule has 3 aliphatic rings. The first-order valence-corrected chi connectivity index (χ1v) is 13.7. The Balaban J connectivity index is 1.55. The number of ketones is 2. The van der Waals surface area contributed by atoms with Gasteiger partial charge in [-0.3, -0.25) is 14.4 Å². The lowest BCUT2D eigenvalue weighted by molar-refractivity contribution is -0.355.